The van der Waals surface area contributed by atoms with Gasteiger partial charge < -0.3 is 24.0 Å². The van der Waals surface area contributed by atoms with Gasteiger partial charge in [0.2, 0.25) is 0 Å². The Hall–Kier alpha value is -2.05. The highest BCUT2D eigenvalue weighted by Crippen LogP contribution is 2.25. The lowest BCUT2D eigenvalue weighted by molar-refractivity contribution is -0.00237. The Morgan fingerprint density at radius 2 is 2.13 bits per heavy atom. The van der Waals surface area contributed by atoms with E-state index in [1.54, 1.807) is 12.0 Å². The van der Waals surface area contributed by atoms with Gasteiger partial charge in [0.1, 0.15) is 17.5 Å². The normalized spacial score (nSPS) is 21.1. The number of aromatic nitrogens is 1. The second kappa shape index (κ2) is 6.22. The minimum absolute atomic E-state index is 0.0936. The molecule has 1 N–H and O–H groups in total. The summed E-state index contributed by atoms with van der Waals surface area (Å²) in [7, 11) is 3.48. The van der Waals surface area contributed by atoms with E-state index in [4.69, 9.17) is 9.47 Å². The fourth-order valence-corrected chi connectivity index (χ4v) is 3.10. The van der Waals surface area contributed by atoms with Crippen LogP contribution in [0.5, 0.6) is 5.75 Å². The predicted molar refractivity (Wildman–Crippen MR) is 86.8 cm³/mol. The van der Waals surface area contributed by atoms with Gasteiger partial charge in [-0.15, -0.1) is 0 Å². The summed E-state index contributed by atoms with van der Waals surface area (Å²) < 4.78 is 12.6. The van der Waals surface area contributed by atoms with Crippen LogP contribution in [0.2, 0.25) is 0 Å². The van der Waals surface area contributed by atoms with Crippen LogP contribution in [-0.4, -0.2) is 59.5 Å². The van der Waals surface area contributed by atoms with Gasteiger partial charge in [0.25, 0.3) is 5.91 Å². The lowest BCUT2D eigenvalue weighted by atomic mass is 10.2. The molecule has 1 amide bonds. The highest BCUT2D eigenvalue weighted by atomic mass is 16.5. The Morgan fingerprint density at radius 3 is 2.83 bits per heavy atom. The van der Waals surface area contributed by atoms with Crippen LogP contribution >= 0.6 is 0 Å². The van der Waals surface area contributed by atoms with Crippen molar-refractivity contribution in [2.45, 2.75) is 19.1 Å². The number of carbonyl (C=O) groups is 1. The van der Waals surface area contributed by atoms with Gasteiger partial charge in [0.05, 0.1) is 18.7 Å². The van der Waals surface area contributed by atoms with E-state index >= 15 is 0 Å². The Labute approximate surface area is 135 Å². The second-order valence-electron chi connectivity index (χ2n) is 5.78. The molecule has 1 fully saturated rings. The van der Waals surface area contributed by atoms with E-state index in [0.717, 1.165) is 16.7 Å². The van der Waals surface area contributed by atoms with Gasteiger partial charge in [-0.05, 0) is 25.1 Å². The number of β-amino-alcohol motifs (C(OH)–C–C–N with tert-alkyl or cyclic N) is 1. The number of methoxy groups -OCH3 is 1. The fourth-order valence-electron chi connectivity index (χ4n) is 3.10. The van der Waals surface area contributed by atoms with Crippen molar-refractivity contribution in [1.82, 2.24) is 9.47 Å². The molecule has 6 heteroatoms. The Morgan fingerprint density at radius 1 is 1.35 bits per heavy atom. The molecule has 2 aromatic rings. The molecule has 0 saturated carbocycles. The summed E-state index contributed by atoms with van der Waals surface area (Å²) in [6.45, 7) is 3.12. The van der Waals surface area contributed by atoms with Crippen LogP contribution in [0, 0.1) is 0 Å². The van der Waals surface area contributed by atoms with Gasteiger partial charge in [0, 0.05) is 38.2 Å². The highest BCUT2D eigenvalue weighted by Gasteiger charge is 2.35. The summed E-state index contributed by atoms with van der Waals surface area (Å²) in [6, 6.07) is 7.60. The minimum Gasteiger partial charge on any atom is -0.497 e. The third-order valence-corrected chi connectivity index (χ3v) is 4.38. The zero-order valence-corrected chi connectivity index (χ0v) is 13.7. The molecule has 2 heterocycles. The van der Waals surface area contributed by atoms with Crippen LogP contribution < -0.4 is 4.74 Å². The van der Waals surface area contributed by atoms with Crippen molar-refractivity contribution in [3.8, 4) is 5.75 Å². The number of likely N-dealkylation sites (tertiary alicyclic amines) is 1. The molecule has 0 unspecified atom stereocenters. The first-order valence-corrected chi connectivity index (χ1v) is 7.77. The van der Waals surface area contributed by atoms with Gasteiger partial charge >= 0.3 is 0 Å². The van der Waals surface area contributed by atoms with Gasteiger partial charge in [0.15, 0.2) is 0 Å². The number of aliphatic hydroxyl groups excluding tert-OH is 1. The average Bonchev–Trinajstić information content (AvgIpc) is 3.08. The molecular weight excluding hydrogens is 296 g/mol. The predicted octanol–water partition coefficient (Wildman–Crippen LogP) is 1.41. The van der Waals surface area contributed by atoms with E-state index < -0.39 is 6.10 Å². The third-order valence-electron chi connectivity index (χ3n) is 4.38. The number of amides is 1. The van der Waals surface area contributed by atoms with Crippen molar-refractivity contribution < 1.29 is 19.4 Å². The molecule has 1 aliphatic heterocycles. The zero-order valence-electron chi connectivity index (χ0n) is 13.7. The van der Waals surface area contributed by atoms with Crippen molar-refractivity contribution in [2.24, 2.45) is 7.05 Å². The first kappa shape index (κ1) is 15.8. The van der Waals surface area contributed by atoms with Crippen molar-refractivity contribution in [1.29, 1.82) is 0 Å². The zero-order chi connectivity index (χ0) is 16.6. The number of hydrogen-bond donors (Lipinski definition) is 1. The molecule has 124 valence electrons. The van der Waals surface area contributed by atoms with Crippen molar-refractivity contribution >= 4 is 16.8 Å². The lowest BCUT2D eigenvalue weighted by Gasteiger charge is -2.16. The average molecular weight is 318 g/mol. The molecule has 23 heavy (non-hydrogen) atoms. The molecule has 0 bridgehead atoms. The largest absolute Gasteiger partial charge is 0.497 e. The van der Waals surface area contributed by atoms with Crippen LogP contribution in [0.3, 0.4) is 0 Å². The number of ether oxygens (including phenoxy) is 2. The molecule has 0 spiro atoms. The van der Waals surface area contributed by atoms with E-state index in [-0.39, 0.29) is 12.0 Å². The van der Waals surface area contributed by atoms with Crippen LogP contribution in [0.1, 0.15) is 17.4 Å². The van der Waals surface area contributed by atoms with Gasteiger partial charge in [-0.1, -0.05) is 0 Å². The molecular formula is C17H22N2O4. The van der Waals surface area contributed by atoms with Crippen molar-refractivity contribution in [3.05, 3.63) is 30.0 Å². The first-order valence-electron chi connectivity index (χ1n) is 7.77. The summed E-state index contributed by atoms with van der Waals surface area (Å²) in [6.07, 6.45) is -0.938. The summed E-state index contributed by atoms with van der Waals surface area (Å²) in [5.41, 5.74) is 1.53. The Balaban J connectivity index is 1.88. The lowest BCUT2D eigenvalue weighted by Crippen LogP contribution is -2.31. The number of rotatable bonds is 4. The number of fused-ring (bicyclic) bond motifs is 1. The fraction of sp³-hybridized carbons (Fsp3) is 0.471. The van der Waals surface area contributed by atoms with Gasteiger partial charge in [-0.2, -0.15) is 0 Å². The molecule has 3 rings (SSSR count). The van der Waals surface area contributed by atoms with Gasteiger partial charge in [-0.25, -0.2) is 0 Å². The number of hydrogen-bond acceptors (Lipinski definition) is 4. The van der Waals surface area contributed by atoms with E-state index in [9.17, 15) is 9.90 Å². The minimum atomic E-state index is -0.631. The molecule has 0 radical (unpaired) electrons. The number of aryl methyl sites for hydroxylation is 1. The maximum atomic E-state index is 12.8. The van der Waals surface area contributed by atoms with Crippen molar-refractivity contribution in [2.75, 3.05) is 26.8 Å². The second-order valence-corrected chi connectivity index (χ2v) is 5.78. The monoisotopic (exact) mass is 318 g/mol. The Bertz CT molecular complexity index is 725. The van der Waals surface area contributed by atoms with Crippen LogP contribution in [-0.2, 0) is 11.8 Å². The highest BCUT2D eigenvalue weighted by molar-refractivity contribution is 5.99. The first-order chi connectivity index (χ1) is 11.0. The van der Waals surface area contributed by atoms with Crippen LogP contribution in [0.25, 0.3) is 10.9 Å². The molecule has 1 saturated heterocycles. The smallest absolute Gasteiger partial charge is 0.270 e. The number of nitrogens with zero attached hydrogens (tertiary/aromatic N) is 2. The van der Waals surface area contributed by atoms with Crippen LogP contribution in [0.15, 0.2) is 24.3 Å². The van der Waals surface area contributed by atoms with Crippen molar-refractivity contribution in [3.63, 3.8) is 0 Å². The summed E-state index contributed by atoms with van der Waals surface area (Å²) in [5.74, 6) is 0.662. The topological polar surface area (TPSA) is 63.9 Å². The SMILES string of the molecule is CCO[C@H]1CN(C(=O)c2cc3ccc(OC)cc3n2C)C[C@@H]1O. The quantitative estimate of drug-likeness (QED) is 0.926. The third kappa shape index (κ3) is 2.80. The maximum Gasteiger partial charge on any atom is 0.270 e. The molecule has 1 aromatic carbocycles. The van der Waals surface area contributed by atoms with E-state index in [1.807, 2.05) is 42.8 Å². The standard InChI is InChI=1S/C17H22N2O4/c1-4-23-16-10-19(9-15(16)20)17(21)14-7-11-5-6-12(22-3)8-13(11)18(14)2/h5-8,15-16,20H,4,9-10H2,1-3H3/t15-,16-/m0/s1. The molecule has 0 aliphatic carbocycles. The molecule has 2 atom stereocenters. The number of carbonyl (C=O) groups excluding carboxylic acids is 1. The van der Waals surface area contributed by atoms with E-state index in [2.05, 4.69) is 0 Å². The van der Waals surface area contributed by atoms with Crippen LogP contribution in [0.4, 0.5) is 0 Å². The number of benzene rings is 1. The number of aliphatic hydroxyl groups is 1. The summed E-state index contributed by atoms with van der Waals surface area (Å²) >= 11 is 0. The molecule has 1 aliphatic rings. The van der Waals surface area contributed by atoms with E-state index in [0.29, 0.717) is 25.4 Å². The summed E-state index contributed by atoms with van der Waals surface area (Å²) in [4.78, 5) is 14.4. The summed E-state index contributed by atoms with van der Waals surface area (Å²) in [5, 5.41) is 11.0. The molecule has 1 aromatic heterocycles. The molecule has 6 nitrogen and oxygen atoms in total. The van der Waals surface area contributed by atoms with E-state index in [1.165, 1.54) is 0 Å². The maximum absolute atomic E-state index is 12.8. The Kier molecular flexibility index (Phi) is 4.28. The van der Waals surface area contributed by atoms with Gasteiger partial charge in [-0.3, -0.25) is 4.79 Å².